The van der Waals surface area contributed by atoms with Crippen LogP contribution in [0.1, 0.15) is 45.6 Å². The molecular weight excluding hydrogens is 260 g/mol. The molecule has 2 aromatic heterocycles. The molecule has 3 rings (SSSR count). The summed E-state index contributed by atoms with van der Waals surface area (Å²) in [6, 6.07) is 4.35. The van der Waals surface area contributed by atoms with Gasteiger partial charge in [0.2, 0.25) is 0 Å². The van der Waals surface area contributed by atoms with Gasteiger partial charge in [0.15, 0.2) is 0 Å². The molecule has 1 atom stereocenters. The lowest BCUT2D eigenvalue weighted by Gasteiger charge is -2.23. The number of carbonyl (C=O) groups is 1. The normalized spacial score (nSPS) is 19.1. The van der Waals surface area contributed by atoms with Gasteiger partial charge >= 0.3 is 0 Å². The zero-order chi connectivity index (χ0) is 13.4. The van der Waals surface area contributed by atoms with E-state index in [-0.39, 0.29) is 11.9 Å². The Balaban J connectivity index is 1.91. The molecule has 1 amide bonds. The summed E-state index contributed by atoms with van der Waals surface area (Å²) in [4.78, 5) is 15.9. The van der Waals surface area contributed by atoms with E-state index in [4.69, 9.17) is 4.52 Å². The zero-order valence-electron chi connectivity index (χ0n) is 11.0. The highest BCUT2D eigenvalue weighted by Crippen LogP contribution is 2.36. The molecule has 1 fully saturated rings. The van der Waals surface area contributed by atoms with E-state index >= 15 is 0 Å². The minimum atomic E-state index is 0.0483. The standard InChI is InChI=1S/C14H16N2O2S/c1-9-13(10(2)18-15-9)14(17)16-7-3-5-11(16)12-6-4-8-19-12/h4,6,8,11H,3,5,7H2,1-2H3/t11-/m1/s1. The largest absolute Gasteiger partial charge is 0.361 e. The highest BCUT2D eigenvalue weighted by atomic mass is 32.1. The Bertz CT molecular complexity index is 569. The molecule has 2 aromatic rings. The zero-order valence-corrected chi connectivity index (χ0v) is 11.9. The smallest absolute Gasteiger partial charge is 0.259 e. The predicted octanol–water partition coefficient (Wildman–Crippen LogP) is 3.33. The Morgan fingerprint density at radius 3 is 3.00 bits per heavy atom. The summed E-state index contributed by atoms with van der Waals surface area (Å²) in [7, 11) is 0. The van der Waals surface area contributed by atoms with Crippen molar-refractivity contribution in [1.82, 2.24) is 10.1 Å². The third kappa shape index (κ3) is 2.08. The minimum absolute atomic E-state index is 0.0483. The average Bonchev–Trinajstić information content (AvgIpc) is 3.08. The Labute approximate surface area is 116 Å². The molecule has 100 valence electrons. The summed E-state index contributed by atoms with van der Waals surface area (Å²) in [5.74, 6) is 0.659. The molecule has 0 saturated carbocycles. The predicted molar refractivity (Wildman–Crippen MR) is 73.3 cm³/mol. The number of aryl methyl sites for hydroxylation is 2. The number of carbonyl (C=O) groups excluding carboxylic acids is 1. The van der Waals surface area contributed by atoms with Crippen LogP contribution >= 0.6 is 11.3 Å². The first-order chi connectivity index (χ1) is 9.18. The summed E-state index contributed by atoms with van der Waals surface area (Å²) in [5.41, 5.74) is 1.31. The van der Waals surface area contributed by atoms with Crippen LogP contribution in [0.25, 0.3) is 0 Å². The molecule has 0 N–H and O–H groups in total. The van der Waals surface area contributed by atoms with Crippen molar-refractivity contribution in [2.24, 2.45) is 0 Å². The lowest BCUT2D eigenvalue weighted by Crippen LogP contribution is -2.30. The Morgan fingerprint density at radius 1 is 1.53 bits per heavy atom. The number of thiophene rings is 1. The highest BCUT2D eigenvalue weighted by Gasteiger charge is 2.33. The second-order valence-corrected chi connectivity index (χ2v) is 5.85. The topological polar surface area (TPSA) is 46.3 Å². The minimum Gasteiger partial charge on any atom is -0.361 e. The first kappa shape index (κ1) is 12.4. The SMILES string of the molecule is Cc1noc(C)c1C(=O)N1CCC[C@@H]1c1cccs1. The summed E-state index contributed by atoms with van der Waals surface area (Å²) in [5, 5.41) is 5.94. The van der Waals surface area contributed by atoms with Gasteiger partial charge in [0, 0.05) is 11.4 Å². The van der Waals surface area contributed by atoms with Gasteiger partial charge < -0.3 is 9.42 Å². The molecule has 4 nitrogen and oxygen atoms in total. The molecule has 0 radical (unpaired) electrons. The Hall–Kier alpha value is -1.62. The van der Waals surface area contributed by atoms with Crippen LogP contribution in [0, 0.1) is 13.8 Å². The van der Waals surface area contributed by atoms with E-state index in [1.54, 1.807) is 18.3 Å². The van der Waals surface area contributed by atoms with Gasteiger partial charge in [-0.05, 0) is 38.1 Å². The molecule has 1 aliphatic heterocycles. The second kappa shape index (κ2) is 4.81. The van der Waals surface area contributed by atoms with Crippen molar-refractivity contribution in [3.8, 4) is 0 Å². The van der Waals surface area contributed by atoms with Crippen LogP contribution in [0.5, 0.6) is 0 Å². The third-order valence-electron chi connectivity index (χ3n) is 3.63. The van der Waals surface area contributed by atoms with Gasteiger partial charge in [0.1, 0.15) is 11.3 Å². The lowest BCUT2D eigenvalue weighted by atomic mass is 10.1. The maximum Gasteiger partial charge on any atom is 0.259 e. The quantitative estimate of drug-likeness (QED) is 0.845. The summed E-state index contributed by atoms with van der Waals surface area (Å²) in [6.07, 6.45) is 2.09. The molecule has 0 bridgehead atoms. The van der Waals surface area contributed by atoms with Crippen molar-refractivity contribution in [1.29, 1.82) is 0 Å². The number of aromatic nitrogens is 1. The number of hydrogen-bond acceptors (Lipinski definition) is 4. The molecule has 1 aliphatic rings. The molecule has 3 heterocycles. The first-order valence-corrected chi connectivity index (χ1v) is 7.33. The van der Waals surface area contributed by atoms with Crippen LogP contribution in [-0.2, 0) is 0 Å². The van der Waals surface area contributed by atoms with Crippen LogP contribution in [0.15, 0.2) is 22.0 Å². The maximum atomic E-state index is 12.7. The van der Waals surface area contributed by atoms with Gasteiger partial charge in [0.25, 0.3) is 5.91 Å². The van der Waals surface area contributed by atoms with Gasteiger partial charge in [0.05, 0.1) is 11.7 Å². The number of likely N-dealkylation sites (tertiary alicyclic amines) is 1. The number of rotatable bonds is 2. The van der Waals surface area contributed by atoms with E-state index in [1.807, 2.05) is 17.9 Å². The summed E-state index contributed by atoms with van der Waals surface area (Å²) >= 11 is 1.71. The highest BCUT2D eigenvalue weighted by molar-refractivity contribution is 7.10. The van der Waals surface area contributed by atoms with Crippen molar-refractivity contribution in [3.63, 3.8) is 0 Å². The number of amides is 1. The van der Waals surface area contributed by atoms with Crippen LogP contribution in [-0.4, -0.2) is 22.5 Å². The second-order valence-electron chi connectivity index (χ2n) is 4.87. The van der Waals surface area contributed by atoms with Crippen molar-refractivity contribution in [2.45, 2.75) is 32.7 Å². The molecule has 0 aromatic carbocycles. The fourth-order valence-electron chi connectivity index (χ4n) is 2.72. The van der Waals surface area contributed by atoms with E-state index in [0.717, 1.165) is 19.4 Å². The number of hydrogen-bond donors (Lipinski definition) is 0. The Kier molecular flexibility index (Phi) is 3.14. The van der Waals surface area contributed by atoms with Crippen molar-refractivity contribution >= 4 is 17.2 Å². The van der Waals surface area contributed by atoms with Crippen molar-refractivity contribution in [2.75, 3.05) is 6.54 Å². The third-order valence-corrected chi connectivity index (χ3v) is 4.61. The molecule has 19 heavy (non-hydrogen) atoms. The van der Waals surface area contributed by atoms with Gasteiger partial charge in [-0.1, -0.05) is 11.2 Å². The van der Waals surface area contributed by atoms with E-state index in [0.29, 0.717) is 17.0 Å². The fraction of sp³-hybridized carbons (Fsp3) is 0.429. The van der Waals surface area contributed by atoms with Crippen LogP contribution < -0.4 is 0 Å². The molecular formula is C14H16N2O2S. The van der Waals surface area contributed by atoms with Crippen molar-refractivity contribution in [3.05, 3.63) is 39.4 Å². The summed E-state index contributed by atoms with van der Waals surface area (Å²) < 4.78 is 5.11. The molecule has 1 saturated heterocycles. The van der Waals surface area contributed by atoms with Gasteiger partial charge in [-0.15, -0.1) is 11.3 Å². The molecule has 0 unspecified atom stereocenters. The maximum absolute atomic E-state index is 12.7. The Morgan fingerprint density at radius 2 is 2.37 bits per heavy atom. The fourth-order valence-corrected chi connectivity index (χ4v) is 3.59. The molecule has 5 heteroatoms. The van der Waals surface area contributed by atoms with E-state index in [2.05, 4.69) is 16.6 Å². The lowest BCUT2D eigenvalue weighted by molar-refractivity contribution is 0.0735. The monoisotopic (exact) mass is 276 g/mol. The summed E-state index contributed by atoms with van der Waals surface area (Å²) in [6.45, 7) is 4.43. The van der Waals surface area contributed by atoms with Gasteiger partial charge in [-0.25, -0.2) is 0 Å². The van der Waals surface area contributed by atoms with Crippen LogP contribution in [0.2, 0.25) is 0 Å². The van der Waals surface area contributed by atoms with Crippen LogP contribution in [0.4, 0.5) is 0 Å². The van der Waals surface area contributed by atoms with Crippen LogP contribution in [0.3, 0.4) is 0 Å². The number of nitrogens with zero attached hydrogens (tertiary/aromatic N) is 2. The van der Waals surface area contributed by atoms with Gasteiger partial charge in [-0.3, -0.25) is 4.79 Å². The molecule has 0 aliphatic carbocycles. The first-order valence-electron chi connectivity index (χ1n) is 6.45. The van der Waals surface area contributed by atoms with Gasteiger partial charge in [-0.2, -0.15) is 0 Å². The molecule has 0 spiro atoms. The van der Waals surface area contributed by atoms with Crippen molar-refractivity contribution < 1.29 is 9.32 Å². The van der Waals surface area contributed by atoms with E-state index in [1.165, 1.54) is 4.88 Å². The van der Waals surface area contributed by atoms with E-state index in [9.17, 15) is 4.79 Å². The van der Waals surface area contributed by atoms with E-state index < -0.39 is 0 Å². The average molecular weight is 276 g/mol.